The van der Waals surface area contributed by atoms with Crippen LogP contribution in [0.4, 0.5) is 5.82 Å². The molecule has 27 heavy (non-hydrogen) atoms. The number of aromatic amines is 1. The molecule has 0 saturated carbocycles. The summed E-state index contributed by atoms with van der Waals surface area (Å²) in [6.07, 6.45) is 3.79. The van der Waals surface area contributed by atoms with Crippen LogP contribution in [0, 0.1) is 6.92 Å². The lowest BCUT2D eigenvalue weighted by molar-refractivity contribution is -0.123. The molecule has 8 nitrogen and oxygen atoms in total. The molecule has 0 saturated heterocycles. The molecule has 3 N–H and O–H groups in total. The molecule has 140 valence electrons. The predicted octanol–water partition coefficient (Wildman–Crippen LogP) is 2.79. The summed E-state index contributed by atoms with van der Waals surface area (Å²) in [7, 11) is 0. The van der Waals surface area contributed by atoms with Crippen LogP contribution in [-0.4, -0.2) is 37.2 Å². The van der Waals surface area contributed by atoms with Crippen LogP contribution in [-0.2, 0) is 16.1 Å². The van der Waals surface area contributed by atoms with E-state index in [1.165, 1.54) is 0 Å². The number of fused-ring (bicyclic) bond motifs is 1. The van der Waals surface area contributed by atoms with Crippen LogP contribution in [0.3, 0.4) is 0 Å². The number of halogens is 1. The highest BCUT2D eigenvalue weighted by molar-refractivity contribution is 6.30. The van der Waals surface area contributed by atoms with Crippen LogP contribution in [0.1, 0.15) is 34.9 Å². The normalized spacial score (nSPS) is 15.3. The number of benzene rings is 1. The molecular formula is C18H18ClN5O3. The third-order valence-corrected chi connectivity index (χ3v) is 4.56. The van der Waals surface area contributed by atoms with E-state index < -0.39 is 0 Å². The third-order valence-electron chi connectivity index (χ3n) is 4.31. The lowest BCUT2D eigenvalue weighted by atomic mass is 9.89. The molecule has 1 aromatic carbocycles. The summed E-state index contributed by atoms with van der Waals surface area (Å²) in [6.45, 7) is 2.29. The quantitative estimate of drug-likeness (QED) is 0.598. The molecule has 3 aromatic rings. The molecule has 9 heteroatoms. The fourth-order valence-corrected chi connectivity index (χ4v) is 3.34. The maximum atomic E-state index is 12.2. The highest BCUT2D eigenvalue weighted by Crippen LogP contribution is 2.38. The van der Waals surface area contributed by atoms with Gasteiger partial charge >= 0.3 is 0 Å². The van der Waals surface area contributed by atoms with E-state index in [0.717, 1.165) is 28.3 Å². The molecule has 2 aromatic heterocycles. The zero-order chi connectivity index (χ0) is 19.4. The first-order valence-electron chi connectivity index (χ1n) is 8.21. The molecule has 1 atom stereocenters. The van der Waals surface area contributed by atoms with Crippen molar-refractivity contribution in [1.29, 1.82) is 0 Å². The Labute approximate surface area is 160 Å². The first-order chi connectivity index (χ1) is 13.0. The van der Waals surface area contributed by atoms with Gasteiger partial charge in [-0.1, -0.05) is 23.7 Å². The van der Waals surface area contributed by atoms with Crippen LogP contribution < -0.4 is 5.32 Å². The number of carboxylic acid groups (broad SMARTS) is 1. The van der Waals surface area contributed by atoms with Gasteiger partial charge in [-0.05, 0) is 24.6 Å². The third kappa shape index (κ3) is 4.01. The van der Waals surface area contributed by atoms with Crippen molar-refractivity contribution in [2.45, 2.75) is 25.8 Å². The first kappa shape index (κ1) is 18.7. The summed E-state index contributed by atoms with van der Waals surface area (Å²) < 4.78 is 1.84. The lowest BCUT2D eigenvalue weighted by Gasteiger charge is -2.23. The van der Waals surface area contributed by atoms with Gasteiger partial charge in [0.2, 0.25) is 5.91 Å². The largest absolute Gasteiger partial charge is 0.483 e. The summed E-state index contributed by atoms with van der Waals surface area (Å²) in [4.78, 5) is 27.7. The summed E-state index contributed by atoms with van der Waals surface area (Å²) in [6, 6.07) is 7.63. The molecule has 1 amide bonds. The van der Waals surface area contributed by atoms with Crippen molar-refractivity contribution in [2.24, 2.45) is 0 Å². The fraction of sp³-hybridized carbons (Fsp3) is 0.222. The molecule has 0 fully saturated rings. The number of imidazole rings is 1. The van der Waals surface area contributed by atoms with Gasteiger partial charge in [-0.25, -0.2) is 9.67 Å². The van der Waals surface area contributed by atoms with Gasteiger partial charge in [0.05, 0.1) is 18.6 Å². The van der Waals surface area contributed by atoms with Crippen molar-refractivity contribution >= 4 is 29.8 Å². The zero-order valence-corrected chi connectivity index (χ0v) is 15.3. The minimum absolute atomic E-state index is 0.0145. The second-order valence-electron chi connectivity index (χ2n) is 6.05. The van der Waals surface area contributed by atoms with Gasteiger partial charge in [-0.15, -0.1) is 0 Å². The molecule has 0 radical (unpaired) electrons. The topological polar surface area (TPSA) is 113 Å². The molecule has 1 aliphatic heterocycles. The van der Waals surface area contributed by atoms with Gasteiger partial charge in [0.15, 0.2) is 0 Å². The standard InChI is InChI=1S/C17H16ClN5O.CH2O2/c1-10-16-13(14-7-19-9-20-14)6-15(24)21-17(16)23(22-10)8-11-2-4-12(18)5-3-11;2-1-3/h2-5,7,9,13H,6,8H2,1H3,(H,19,20)(H,21,24);1H,(H,2,3). The van der Waals surface area contributed by atoms with E-state index in [9.17, 15) is 4.79 Å². The van der Waals surface area contributed by atoms with E-state index in [1.807, 2.05) is 35.9 Å². The summed E-state index contributed by atoms with van der Waals surface area (Å²) >= 11 is 5.94. The van der Waals surface area contributed by atoms with Crippen molar-refractivity contribution in [1.82, 2.24) is 19.7 Å². The van der Waals surface area contributed by atoms with Crippen LogP contribution in [0.2, 0.25) is 5.02 Å². The fourth-order valence-electron chi connectivity index (χ4n) is 3.21. The van der Waals surface area contributed by atoms with Gasteiger partial charge in [-0.3, -0.25) is 9.59 Å². The molecular weight excluding hydrogens is 370 g/mol. The van der Waals surface area contributed by atoms with E-state index in [0.29, 0.717) is 18.0 Å². The van der Waals surface area contributed by atoms with Crippen LogP contribution in [0.5, 0.6) is 0 Å². The van der Waals surface area contributed by atoms with Gasteiger partial charge in [-0.2, -0.15) is 5.10 Å². The average molecular weight is 388 g/mol. The van der Waals surface area contributed by atoms with E-state index in [1.54, 1.807) is 12.5 Å². The Morgan fingerprint density at radius 2 is 2.07 bits per heavy atom. The van der Waals surface area contributed by atoms with E-state index in [-0.39, 0.29) is 18.3 Å². The number of anilines is 1. The molecule has 1 aliphatic rings. The van der Waals surface area contributed by atoms with Crippen molar-refractivity contribution in [3.05, 3.63) is 64.3 Å². The number of amides is 1. The summed E-state index contributed by atoms with van der Waals surface area (Å²) in [5, 5.41) is 15.2. The maximum absolute atomic E-state index is 12.2. The van der Waals surface area contributed by atoms with Gasteiger partial charge in [0, 0.05) is 34.8 Å². The van der Waals surface area contributed by atoms with E-state index in [2.05, 4.69) is 20.4 Å². The highest BCUT2D eigenvalue weighted by Gasteiger charge is 2.32. The van der Waals surface area contributed by atoms with Crippen LogP contribution in [0.25, 0.3) is 0 Å². The Morgan fingerprint density at radius 1 is 1.37 bits per heavy atom. The second kappa shape index (κ2) is 8.05. The number of carbonyl (C=O) groups excluding carboxylic acids is 1. The Bertz CT molecular complexity index is 935. The zero-order valence-electron chi connectivity index (χ0n) is 14.5. The number of aromatic nitrogens is 4. The van der Waals surface area contributed by atoms with Crippen LogP contribution in [0.15, 0.2) is 36.8 Å². The van der Waals surface area contributed by atoms with E-state index >= 15 is 0 Å². The average Bonchev–Trinajstić information content (AvgIpc) is 3.26. The van der Waals surface area contributed by atoms with Crippen molar-refractivity contribution in [3.63, 3.8) is 0 Å². The minimum atomic E-state index is -0.250. The molecule has 0 aliphatic carbocycles. The van der Waals surface area contributed by atoms with E-state index in [4.69, 9.17) is 21.5 Å². The molecule has 0 bridgehead atoms. The summed E-state index contributed by atoms with van der Waals surface area (Å²) in [5.41, 5.74) is 3.97. The smallest absolute Gasteiger partial charge is 0.290 e. The van der Waals surface area contributed by atoms with Crippen molar-refractivity contribution in [2.75, 3.05) is 5.32 Å². The monoisotopic (exact) mass is 387 g/mol. The number of nitrogens with one attached hydrogen (secondary N) is 2. The summed E-state index contributed by atoms with van der Waals surface area (Å²) in [5.74, 6) is 0.702. The van der Waals surface area contributed by atoms with Crippen molar-refractivity contribution in [3.8, 4) is 0 Å². The Morgan fingerprint density at radius 3 is 2.70 bits per heavy atom. The SMILES string of the molecule is Cc1nn(Cc2ccc(Cl)cc2)c2c1C(c1cnc[nH]1)CC(=O)N2.O=CO. The first-order valence-corrected chi connectivity index (χ1v) is 8.59. The highest BCUT2D eigenvalue weighted by atomic mass is 35.5. The Hall–Kier alpha value is -3.13. The predicted molar refractivity (Wildman–Crippen MR) is 99.9 cm³/mol. The minimum Gasteiger partial charge on any atom is -0.483 e. The molecule has 4 rings (SSSR count). The van der Waals surface area contributed by atoms with Gasteiger partial charge in [0.25, 0.3) is 6.47 Å². The van der Waals surface area contributed by atoms with Crippen LogP contribution >= 0.6 is 11.6 Å². The van der Waals surface area contributed by atoms with Crippen molar-refractivity contribution < 1.29 is 14.7 Å². The number of hydrogen-bond acceptors (Lipinski definition) is 4. The molecule has 0 spiro atoms. The van der Waals surface area contributed by atoms with Gasteiger partial charge < -0.3 is 15.4 Å². The Balaban J connectivity index is 0.000000659. The number of nitrogens with zero attached hydrogens (tertiary/aromatic N) is 3. The number of carbonyl (C=O) groups is 2. The Kier molecular flexibility index (Phi) is 5.56. The number of H-pyrrole nitrogens is 1. The number of hydrogen-bond donors (Lipinski definition) is 3. The second-order valence-corrected chi connectivity index (χ2v) is 6.49. The number of rotatable bonds is 3. The molecule has 3 heterocycles. The maximum Gasteiger partial charge on any atom is 0.290 e. The van der Waals surface area contributed by atoms with Gasteiger partial charge in [0.1, 0.15) is 5.82 Å². The molecule has 1 unspecified atom stereocenters. The number of aryl methyl sites for hydroxylation is 1. The lowest BCUT2D eigenvalue weighted by Crippen LogP contribution is -2.25.